The van der Waals surface area contributed by atoms with Gasteiger partial charge in [-0.1, -0.05) is 16.1 Å². The molecule has 12 heteroatoms. The van der Waals surface area contributed by atoms with Gasteiger partial charge in [0.2, 0.25) is 5.75 Å². The molecule has 2 aromatic rings. The molecule has 32 heavy (non-hydrogen) atoms. The van der Waals surface area contributed by atoms with Crippen molar-refractivity contribution in [2.24, 2.45) is 0 Å². The first-order valence-electron chi connectivity index (χ1n) is 8.97. The van der Waals surface area contributed by atoms with Crippen molar-refractivity contribution in [1.82, 2.24) is 9.79 Å². The number of nitrogens with one attached hydrogen (secondary N) is 1. The highest BCUT2D eigenvalue weighted by Gasteiger charge is 2.26. The zero-order valence-corrected chi connectivity index (χ0v) is 19.6. The average molecular weight is 484 g/mol. The first kappa shape index (κ1) is 25.2. The zero-order chi connectivity index (χ0) is 24.1. The molecule has 0 aliphatic heterocycles. The van der Waals surface area contributed by atoms with Crippen LogP contribution in [0.1, 0.15) is 22.0 Å². The summed E-state index contributed by atoms with van der Waals surface area (Å²) in [6.07, 6.45) is 0. The Hall–Kier alpha value is -3.04. The van der Waals surface area contributed by atoms with E-state index in [1.54, 1.807) is 0 Å². The SMILES string of the molecule is COc1cc(C(C#N)NC(=O)c2ccc(Cl)c(S(=O)(=O)N(C)OC)c2)cc(OC)c1OC. The number of carbonyl (C=O) groups excluding carboxylic acids is 1. The molecular weight excluding hydrogens is 462 g/mol. The fourth-order valence-electron chi connectivity index (χ4n) is 2.75. The smallest absolute Gasteiger partial charge is 0.266 e. The normalized spacial score (nSPS) is 12.1. The number of methoxy groups -OCH3 is 3. The van der Waals surface area contributed by atoms with Gasteiger partial charge in [0, 0.05) is 12.6 Å². The van der Waals surface area contributed by atoms with Gasteiger partial charge in [-0.05, 0) is 35.9 Å². The van der Waals surface area contributed by atoms with Crippen LogP contribution in [0.4, 0.5) is 0 Å². The molecular formula is C20H22ClN3O7S. The molecule has 0 aliphatic carbocycles. The topological polar surface area (TPSA) is 127 Å². The molecule has 0 saturated heterocycles. The van der Waals surface area contributed by atoms with Crippen molar-refractivity contribution in [3.05, 3.63) is 46.5 Å². The maximum atomic E-state index is 12.8. The molecule has 0 aliphatic rings. The molecule has 0 spiro atoms. The molecule has 0 saturated carbocycles. The number of benzene rings is 2. The highest BCUT2D eigenvalue weighted by atomic mass is 35.5. The Labute approximate surface area is 191 Å². The van der Waals surface area contributed by atoms with E-state index < -0.39 is 22.0 Å². The van der Waals surface area contributed by atoms with Crippen molar-refractivity contribution >= 4 is 27.5 Å². The van der Waals surface area contributed by atoms with Gasteiger partial charge in [0.15, 0.2) is 11.5 Å². The summed E-state index contributed by atoms with van der Waals surface area (Å²) in [6.45, 7) is 0. The predicted octanol–water partition coefficient (Wildman–Crippen LogP) is 2.54. The van der Waals surface area contributed by atoms with Crippen molar-refractivity contribution < 1.29 is 32.3 Å². The molecule has 172 valence electrons. The Morgan fingerprint density at radius 1 is 1.09 bits per heavy atom. The van der Waals surface area contributed by atoms with Gasteiger partial charge >= 0.3 is 0 Å². The Morgan fingerprint density at radius 2 is 1.69 bits per heavy atom. The predicted molar refractivity (Wildman–Crippen MR) is 115 cm³/mol. The van der Waals surface area contributed by atoms with Gasteiger partial charge in [0.05, 0.1) is 39.5 Å². The molecule has 1 N–H and O–H groups in total. The van der Waals surface area contributed by atoms with Gasteiger partial charge in [-0.3, -0.25) is 9.63 Å². The monoisotopic (exact) mass is 483 g/mol. The largest absolute Gasteiger partial charge is 0.493 e. The number of nitriles is 1. The van der Waals surface area contributed by atoms with Crippen molar-refractivity contribution in [3.63, 3.8) is 0 Å². The number of carbonyl (C=O) groups is 1. The molecule has 1 atom stereocenters. The number of nitrogens with zero attached hydrogens (tertiary/aromatic N) is 2. The van der Waals surface area contributed by atoms with Crippen LogP contribution in [0.25, 0.3) is 0 Å². The Morgan fingerprint density at radius 3 is 2.16 bits per heavy atom. The molecule has 0 radical (unpaired) electrons. The molecule has 2 aromatic carbocycles. The standard InChI is InChI=1S/C20H22ClN3O7S/c1-24(31-5)32(26,27)18-10-12(6-7-14(18)21)20(25)23-15(11-22)13-8-16(28-2)19(30-4)17(9-13)29-3/h6-10,15H,1-5H3,(H,23,25). The average Bonchev–Trinajstić information content (AvgIpc) is 2.80. The van der Waals surface area contributed by atoms with Gasteiger partial charge in [-0.2, -0.15) is 5.26 Å². The van der Waals surface area contributed by atoms with Crippen molar-refractivity contribution in [1.29, 1.82) is 5.26 Å². The third-order valence-electron chi connectivity index (χ3n) is 4.49. The van der Waals surface area contributed by atoms with E-state index in [4.69, 9.17) is 30.6 Å². The lowest BCUT2D eigenvalue weighted by Gasteiger charge is -2.18. The maximum absolute atomic E-state index is 12.8. The molecule has 1 amide bonds. The van der Waals surface area contributed by atoms with E-state index in [1.807, 2.05) is 6.07 Å². The van der Waals surface area contributed by atoms with Crippen LogP contribution in [0.2, 0.25) is 5.02 Å². The first-order valence-corrected chi connectivity index (χ1v) is 10.8. The lowest BCUT2D eigenvalue weighted by molar-refractivity contribution is -0.0258. The van der Waals surface area contributed by atoms with Crippen LogP contribution in [0, 0.1) is 11.3 Å². The number of amides is 1. The third-order valence-corrected chi connectivity index (χ3v) is 6.65. The maximum Gasteiger partial charge on any atom is 0.266 e. The van der Waals surface area contributed by atoms with Crippen LogP contribution < -0.4 is 19.5 Å². The molecule has 0 bridgehead atoms. The summed E-state index contributed by atoms with van der Waals surface area (Å²) < 4.78 is 41.5. The molecule has 1 unspecified atom stereocenters. The fraction of sp³-hybridized carbons (Fsp3) is 0.300. The van der Waals surface area contributed by atoms with E-state index in [9.17, 15) is 18.5 Å². The van der Waals surface area contributed by atoms with Gasteiger partial charge in [0.25, 0.3) is 15.9 Å². The summed E-state index contributed by atoms with van der Waals surface area (Å²) in [5, 5.41) is 12.1. The summed E-state index contributed by atoms with van der Waals surface area (Å²) >= 11 is 6.03. The molecule has 10 nitrogen and oxygen atoms in total. The summed E-state index contributed by atoms with van der Waals surface area (Å²) in [7, 11) is 2.56. The Balaban J connectivity index is 2.42. The van der Waals surface area contributed by atoms with Crippen molar-refractivity contribution in [2.45, 2.75) is 10.9 Å². The minimum Gasteiger partial charge on any atom is -0.493 e. The molecule has 0 aromatic heterocycles. The van der Waals surface area contributed by atoms with Gasteiger partial charge in [-0.25, -0.2) is 8.42 Å². The number of ether oxygens (including phenoxy) is 3. The number of sulfonamides is 1. The van der Waals surface area contributed by atoms with Crippen LogP contribution in [0.3, 0.4) is 0 Å². The number of hydrogen-bond acceptors (Lipinski definition) is 8. The summed E-state index contributed by atoms with van der Waals surface area (Å²) in [6, 6.07) is 7.66. The lowest BCUT2D eigenvalue weighted by Crippen LogP contribution is -2.29. The van der Waals surface area contributed by atoms with Crippen molar-refractivity contribution in [3.8, 4) is 23.3 Å². The lowest BCUT2D eigenvalue weighted by atomic mass is 10.1. The third kappa shape index (κ3) is 5.05. The Kier molecular flexibility index (Phi) is 8.29. The van der Waals surface area contributed by atoms with Crippen molar-refractivity contribution in [2.75, 3.05) is 35.5 Å². The fourth-order valence-corrected chi connectivity index (χ4v) is 4.23. The summed E-state index contributed by atoms with van der Waals surface area (Å²) in [5.41, 5.74) is 0.349. The first-order chi connectivity index (χ1) is 15.1. The highest BCUT2D eigenvalue weighted by Crippen LogP contribution is 2.39. The van der Waals surface area contributed by atoms with E-state index in [0.717, 1.165) is 6.07 Å². The van der Waals surface area contributed by atoms with Gasteiger partial charge in [-0.15, -0.1) is 0 Å². The number of hydrogen-bond donors (Lipinski definition) is 1. The van der Waals surface area contributed by atoms with E-state index in [2.05, 4.69) is 5.32 Å². The number of rotatable bonds is 9. The second kappa shape index (κ2) is 10.5. The summed E-state index contributed by atoms with van der Waals surface area (Å²) in [5.74, 6) is 0.243. The van der Waals surface area contributed by atoms with Crippen LogP contribution in [-0.2, 0) is 14.9 Å². The number of halogens is 1. The van der Waals surface area contributed by atoms with Crippen LogP contribution in [0.15, 0.2) is 35.2 Å². The van der Waals surface area contributed by atoms with Gasteiger partial charge < -0.3 is 19.5 Å². The van der Waals surface area contributed by atoms with Crippen LogP contribution in [0.5, 0.6) is 17.2 Å². The zero-order valence-electron chi connectivity index (χ0n) is 18.0. The highest BCUT2D eigenvalue weighted by molar-refractivity contribution is 7.89. The second-order valence-electron chi connectivity index (χ2n) is 6.24. The molecule has 0 heterocycles. The van der Waals surface area contributed by atoms with E-state index >= 15 is 0 Å². The number of hydroxylamine groups is 1. The van der Waals surface area contributed by atoms with E-state index in [0.29, 0.717) is 27.3 Å². The second-order valence-corrected chi connectivity index (χ2v) is 8.55. The minimum atomic E-state index is -4.10. The quantitative estimate of drug-likeness (QED) is 0.539. The van der Waals surface area contributed by atoms with Crippen LogP contribution in [-0.4, -0.2) is 54.3 Å². The minimum absolute atomic E-state index is 0.0230. The van der Waals surface area contributed by atoms with Gasteiger partial charge in [0.1, 0.15) is 10.9 Å². The van der Waals surface area contributed by atoms with E-state index in [-0.39, 0.29) is 15.5 Å². The molecule has 0 fully saturated rings. The molecule has 2 rings (SSSR count). The Bertz CT molecular complexity index is 1120. The van der Waals surface area contributed by atoms with E-state index in [1.165, 1.54) is 59.8 Å². The summed E-state index contributed by atoms with van der Waals surface area (Å²) in [4.78, 5) is 17.2. The van der Waals surface area contributed by atoms with Crippen LogP contribution >= 0.6 is 11.6 Å².